The number of nitrogens with one attached hydrogen (secondary N) is 1. The highest BCUT2D eigenvalue weighted by atomic mass is 19.1. The van der Waals surface area contributed by atoms with Gasteiger partial charge in [-0.3, -0.25) is 0 Å². The Morgan fingerprint density at radius 1 is 0.947 bits per heavy atom. The van der Waals surface area contributed by atoms with Gasteiger partial charge in [-0.2, -0.15) is 0 Å². The molecule has 0 atom stereocenters. The smallest absolute Gasteiger partial charge is 0.126 e. The third-order valence-corrected chi connectivity index (χ3v) is 3.84. The molecule has 0 unspecified atom stereocenters. The molecule has 1 aliphatic carbocycles. The molecular formula is C16H15F2N. The summed E-state index contributed by atoms with van der Waals surface area (Å²) in [6.07, 6.45) is 2.20. The first-order chi connectivity index (χ1) is 9.13. The van der Waals surface area contributed by atoms with Crippen molar-refractivity contribution in [1.29, 1.82) is 0 Å². The highest BCUT2D eigenvalue weighted by Crippen LogP contribution is 2.45. The Balaban J connectivity index is 2.04. The maximum absolute atomic E-state index is 13.3. The van der Waals surface area contributed by atoms with E-state index in [0.29, 0.717) is 5.56 Å². The molecule has 1 N–H and O–H groups in total. The molecule has 1 saturated carbocycles. The van der Waals surface area contributed by atoms with Crippen molar-refractivity contribution in [2.75, 3.05) is 7.05 Å². The molecule has 2 aromatic rings. The average molecular weight is 259 g/mol. The Kier molecular flexibility index (Phi) is 2.86. The van der Waals surface area contributed by atoms with E-state index in [0.717, 1.165) is 24.5 Å². The lowest BCUT2D eigenvalue weighted by Gasteiger charge is -2.15. The summed E-state index contributed by atoms with van der Waals surface area (Å²) in [6.45, 7) is 0. The third kappa shape index (κ3) is 2.26. The third-order valence-electron chi connectivity index (χ3n) is 3.84. The van der Waals surface area contributed by atoms with E-state index in [4.69, 9.17) is 0 Å². The molecule has 1 aliphatic rings. The van der Waals surface area contributed by atoms with Gasteiger partial charge in [-0.15, -0.1) is 0 Å². The maximum Gasteiger partial charge on any atom is 0.126 e. The van der Waals surface area contributed by atoms with Gasteiger partial charge in [0.1, 0.15) is 11.6 Å². The highest BCUT2D eigenvalue weighted by molar-refractivity contribution is 5.65. The van der Waals surface area contributed by atoms with E-state index in [1.54, 1.807) is 0 Å². The SMILES string of the molecule is CNC1(c2cccc(-c3cc(F)cc(F)c3)c2)CC1. The van der Waals surface area contributed by atoms with Crippen molar-refractivity contribution >= 4 is 0 Å². The number of hydrogen-bond donors (Lipinski definition) is 1. The fraction of sp³-hybridized carbons (Fsp3) is 0.250. The number of hydrogen-bond acceptors (Lipinski definition) is 1. The standard InChI is InChI=1S/C16H15F2N/c1-19-16(5-6-16)13-4-2-3-11(7-13)12-8-14(17)10-15(18)9-12/h2-4,7-10,19H,5-6H2,1H3. The van der Waals surface area contributed by atoms with Crippen LogP contribution >= 0.6 is 0 Å². The number of rotatable bonds is 3. The molecule has 0 aromatic heterocycles. The van der Waals surface area contributed by atoms with Gasteiger partial charge in [0.25, 0.3) is 0 Å². The van der Waals surface area contributed by atoms with Crippen LogP contribution in [0.4, 0.5) is 8.78 Å². The van der Waals surface area contributed by atoms with Gasteiger partial charge in [0.2, 0.25) is 0 Å². The Hall–Kier alpha value is -1.74. The molecule has 0 saturated heterocycles. The van der Waals surface area contributed by atoms with Crippen LogP contribution < -0.4 is 5.32 Å². The number of benzene rings is 2. The lowest BCUT2D eigenvalue weighted by atomic mass is 9.98. The summed E-state index contributed by atoms with van der Waals surface area (Å²) in [5.41, 5.74) is 2.66. The van der Waals surface area contributed by atoms with Gasteiger partial charge in [0.05, 0.1) is 0 Å². The van der Waals surface area contributed by atoms with E-state index in [9.17, 15) is 8.78 Å². The van der Waals surface area contributed by atoms with Gasteiger partial charge in [-0.25, -0.2) is 8.78 Å². The zero-order valence-electron chi connectivity index (χ0n) is 10.7. The van der Waals surface area contributed by atoms with Crippen LogP contribution in [-0.2, 0) is 5.54 Å². The molecule has 0 aliphatic heterocycles. The van der Waals surface area contributed by atoms with Gasteiger partial charge >= 0.3 is 0 Å². The van der Waals surface area contributed by atoms with E-state index in [2.05, 4.69) is 11.4 Å². The van der Waals surface area contributed by atoms with Crippen molar-refractivity contribution in [3.05, 3.63) is 59.7 Å². The first-order valence-electron chi connectivity index (χ1n) is 6.39. The van der Waals surface area contributed by atoms with Crippen LogP contribution in [0.3, 0.4) is 0 Å². The summed E-state index contributed by atoms with van der Waals surface area (Å²) in [6, 6.07) is 11.5. The van der Waals surface area contributed by atoms with E-state index < -0.39 is 11.6 Å². The van der Waals surface area contributed by atoms with Gasteiger partial charge < -0.3 is 5.32 Å². The molecule has 1 fully saturated rings. The minimum atomic E-state index is -0.546. The average Bonchev–Trinajstić information content (AvgIpc) is 3.19. The van der Waals surface area contributed by atoms with Gasteiger partial charge in [-0.1, -0.05) is 18.2 Å². The summed E-state index contributed by atoms with van der Waals surface area (Å²) in [5.74, 6) is -1.09. The molecule has 98 valence electrons. The van der Waals surface area contributed by atoms with Crippen molar-refractivity contribution in [2.24, 2.45) is 0 Å². The molecule has 0 heterocycles. The normalized spacial score (nSPS) is 16.4. The van der Waals surface area contributed by atoms with Crippen LogP contribution in [0.15, 0.2) is 42.5 Å². The fourth-order valence-corrected chi connectivity index (χ4v) is 2.52. The lowest BCUT2D eigenvalue weighted by Crippen LogP contribution is -2.24. The van der Waals surface area contributed by atoms with Crippen LogP contribution in [0.5, 0.6) is 0 Å². The second kappa shape index (κ2) is 4.42. The van der Waals surface area contributed by atoms with Crippen LogP contribution in [0.2, 0.25) is 0 Å². The van der Waals surface area contributed by atoms with Crippen LogP contribution in [0.25, 0.3) is 11.1 Å². The highest BCUT2D eigenvalue weighted by Gasteiger charge is 2.42. The van der Waals surface area contributed by atoms with Crippen molar-refractivity contribution in [3.63, 3.8) is 0 Å². The summed E-state index contributed by atoms with van der Waals surface area (Å²) < 4.78 is 26.5. The Morgan fingerprint density at radius 3 is 2.21 bits per heavy atom. The minimum absolute atomic E-state index is 0.0574. The second-order valence-electron chi connectivity index (χ2n) is 5.07. The van der Waals surface area contributed by atoms with Gasteiger partial charge in [-0.05, 0) is 54.8 Å². The van der Waals surface area contributed by atoms with Crippen LogP contribution in [0.1, 0.15) is 18.4 Å². The van der Waals surface area contributed by atoms with Crippen LogP contribution in [-0.4, -0.2) is 7.05 Å². The van der Waals surface area contributed by atoms with E-state index in [1.165, 1.54) is 17.7 Å². The monoisotopic (exact) mass is 259 g/mol. The molecule has 2 aromatic carbocycles. The van der Waals surface area contributed by atoms with Crippen molar-refractivity contribution in [3.8, 4) is 11.1 Å². The molecular weight excluding hydrogens is 244 g/mol. The molecule has 1 nitrogen and oxygen atoms in total. The van der Waals surface area contributed by atoms with Crippen molar-refractivity contribution < 1.29 is 8.78 Å². The summed E-state index contributed by atoms with van der Waals surface area (Å²) in [7, 11) is 1.95. The molecule has 0 radical (unpaired) electrons. The Labute approximate surface area is 111 Å². The molecule has 0 amide bonds. The van der Waals surface area contributed by atoms with Crippen LogP contribution in [0, 0.1) is 11.6 Å². The second-order valence-corrected chi connectivity index (χ2v) is 5.07. The summed E-state index contributed by atoms with van der Waals surface area (Å²) in [4.78, 5) is 0. The minimum Gasteiger partial charge on any atom is -0.310 e. The van der Waals surface area contributed by atoms with Crippen molar-refractivity contribution in [1.82, 2.24) is 5.32 Å². The fourth-order valence-electron chi connectivity index (χ4n) is 2.52. The molecule has 3 heteroatoms. The summed E-state index contributed by atoms with van der Waals surface area (Å²) in [5, 5.41) is 3.32. The first kappa shape index (κ1) is 12.3. The quantitative estimate of drug-likeness (QED) is 0.883. The lowest BCUT2D eigenvalue weighted by molar-refractivity contribution is 0.583. The predicted molar refractivity (Wildman–Crippen MR) is 71.8 cm³/mol. The van der Waals surface area contributed by atoms with E-state index in [1.807, 2.05) is 25.2 Å². The zero-order valence-corrected chi connectivity index (χ0v) is 10.7. The molecule has 0 spiro atoms. The summed E-state index contributed by atoms with van der Waals surface area (Å²) >= 11 is 0. The van der Waals surface area contributed by atoms with E-state index >= 15 is 0 Å². The topological polar surface area (TPSA) is 12.0 Å². The van der Waals surface area contributed by atoms with E-state index in [-0.39, 0.29) is 5.54 Å². The van der Waals surface area contributed by atoms with Gasteiger partial charge in [0, 0.05) is 11.6 Å². The first-order valence-corrected chi connectivity index (χ1v) is 6.39. The Bertz CT molecular complexity index is 598. The van der Waals surface area contributed by atoms with Crippen molar-refractivity contribution in [2.45, 2.75) is 18.4 Å². The largest absolute Gasteiger partial charge is 0.310 e. The van der Waals surface area contributed by atoms with Gasteiger partial charge in [0.15, 0.2) is 0 Å². The molecule has 19 heavy (non-hydrogen) atoms. The zero-order chi connectivity index (χ0) is 13.5. The predicted octanol–water partition coefficient (Wildman–Crippen LogP) is 3.84. The maximum atomic E-state index is 13.3. The Morgan fingerprint density at radius 2 is 1.63 bits per heavy atom. The molecule has 0 bridgehead atoms. The molecule has 3 rings (SSSR count). The number of halogens is 2.